The summed E-state index contributed by atoms with van der Waals surface area (Å²) in [6.45, 7) is 9.14. The first-order valence-electron chi connectivity index (χ1n) is 17.8. The van der Waals surface area contributed by atoms with Crippen LogP contribution in [0.25, 0.3) is 11.0 Å². The number of aryl methyl sites for hydroxylation is 1. The van der Waals surface area contributed by atoms with Crippen LogP contribution >= 0.6 is 0 Å². The van der Waals surface area contributed by atoms with Crippen molar-refractivity contribution >= 4 is 46.1 Å². The molecule has 6 unspecified atom stereocenters. The van der Waals surface area contributed by atoms with Gasteiger partial charge in [0, 0.05) is 29.7 Å². The van der Waals surface area contributed by atoms with E-state index in [9.17, 15) is 27.9 Å². The second-order valence-electron chi connectivity index (χ2n) is 15.4. The van der Waals surface area contributed by atoms with Crippen molar-refractivity contribution in [2.24, 2.45) is 17.3 Å². The Morgan fingerprint density at radius 1 is 1.12 bits per heavy atom. The van der Waals surface area contributed by atoms with E-state index in [4.69, 9.17) is 24.2 Å². The number of nitrogens with zero attached hydrogens (tertiary/aromatic N) is 3. The molecule has 2 saturated carbocycles. The Kier molecular flexibility index (Phi) is 10.8. The average Bonchev–Trinajstić information content (AvgIpc) is 3.48. The number of benzene rings is 1. The highest BCUT2D eigenvalue weighted by atomic mass is 32.2. The van der Waals surface area contributed by atoms with Crippen LogP contribution in [0, 0.1) is 17.3 Å². The number of rotatable bonds is 6. The summed E-state index contributed by atoms with van der Waals surface area (Å²) in [5.74, 6) is -1.33. The number of hydrogen-bond acceptors (Lipinski definition) is 11. The number of carbonyl (C=O) groups excluding carboxylic acids is 4. The van der Waals surface area contributed by atoms with Crippen LogP contribution in [0.4, 0.5) is 4.79 Å². The Labute approximate surface area is 305 Å². The summed E-state index contributed by atoms with van der Waals surface area (Å²) in [5, 5.41) is 5.57. The minimum Gasteiger partial charge on any atom is -0.755 e. The van der Waals surface area contributed by atoms with Crippen LogP contribution in [0.2, 0.25) is 0 Å². The molecule has 282 valence electrons. The zero-order valence-corrected chi connectivity index (χ0v) is 30.8. The van der Waals surface area contributed by atoms with Crippen molar-refractivity contribution in [1.29, 1.82) is 0 Å². The van der Waals surface area contributed by atoms with Crippen molar-refractivity contribution in [2.75, 3.05) is 13.7 Å². The second-order valence-corrected chi connectivity index (χ2v) is 16.0. The van der Waals surface area contributed by atoms with Gasteiger partial charge in [0.1, 0.15) is 41.3 Å². The molecule has 2 aliphatic carbocycles. The van der Waals surface area contributed by atoms with Gasteiger partial charge in [0.15, 0.2) is 0 Å². The van der Waals surface area contributed by atoms with E-state index < -0.39 is 70.1 Å². The lowest BCUT2D eigenvalue weighted by Crippen LogP contribution is -2.69. The molecule has 3 aliphatic heterocycles. The summed E-state index contributed by atoms with van der Waals surface area (Å²) in [6, 6.07) is 3.18. The molecule has 7 rings (SSSR count). The number of fused-ring (bicyclic) bond motifs is 8. The maximum absolute atomic E-state index is 14.5. The number of amides is 4. The minimum atomic E-state index is -2.92. The Morgan fingerprint density at radius 2 is 1.88 bits per heavy atom. The lowest BCUT2D eigenvalue weighted by atomic mass is 9.66. The Bertz CT molecular complexity index is 1760. The van der Waals surface area contributed by atoms with Crippen LogP contribution in [-0.4, -0.2) is 90.9 Å². The minimum absolute atomic E-state index is 0.0177. The molecule has 3 fully saturated rings. The number of aromatic nitrogens is 2. The van der Waals surface area contributed by atoms with E-state index in [1.165, 1.54) is 11.0 Å². The smallest absolute Gasteiger partial charge is 0.408 e. The lowest BCUT2D eigenvalue weighted by Gasteiger charge is -2.47. The molecule has 5 aliphatic rings. The van der Waals surface area contributed by atoms with Crippen molar-refractivity contribution in [1.82, 2.24) is 30.2 Å². The monoisotopic (exact) mass is 739 g/mol. The van der Waals surface area contributed by atoms with E-state index in [-0.39, 0.29) is 31.4 Å². The third-order valence-corrected chi connectivity index (χ3v) is 11.2. The van der Waals surface area contributed by atoms with Gasteiger partial charge in [-0.15, -0.1) is 6.58 Å². The van der Waals surface area contributed by atoms with Gasteiger partial charge in [-0.1, -0.05) is 39.7 Å². The van der Waals surface area contributed by atoms with E-state index in [1.54, 1.807) is 33.9 Å². The first-order chi connectivity index (χ1) is 24.7. The normalized spacial score (nSPS) is 30.1. The largest absolute Gasteiger partial charge is 0.755 e. The molecular formula is C36H47N6O9S-. The van der Waals surface area contributed by atoms with Gasteiger partial charge in [0.05, 0.1) is 24.7 Å². The standard InChI is InChI=1S/C36H48N6O9S/c1-6-21-13-14-36(21,33(45)41-52(47)48)40-30(43)28-18-24-19-42(28)32(44)29(35(2,3)4)39-34(46)51-23-15-20(16-23)9-7-8-10-26-31(50-24)38-27-17-22(49-5)11-12-25(27)37-26/h6,11-12,17,20-21,23-24,28-29H,1,7-10,13-16,18-19H2,2-5H3,(H,39,46)(H,40,43)(H,41,45)(H,47,48)/p-1. The summed E-state index contributed by atoms with van der Waals surface area (Å²) in [6.07, 6.45) is 5.31. The third kappa shape index (κ3) is 7.72. The van der Waals surface area contributed by atoms with Crippen LogP contribution in [0.3, 0.4) is 0 Å². The zero-order valence-electron chi connectivity index (χ0n) is 30.0. The highest BCUT2D eigenvalue weighted by molar-refractivity contribution is 7.77. The summed E-state index contributed by atoms with van der Waals surface area (Å²) in [7, 11) is 1.56. The van der Waals surface area contributed by atoms with Gasteiger partial charge < -0.3 is 34.3 Å². The van der Waals surface area contributed by atoms with Gasteiger partial charge in [0.25, 0.3) is 5.91 Å². The van der Waals surface area contributed by atoms with Gasteiger partial charge >= 0.3 is 6.09 Å². The molecule has 6 atom stereocenters. The molecule has 16 heteroatoms. The number of ether oxygens (including phenoxy) is 3. The Balaban J connectivity index is 1.36. The van der Waals surface area contributed by atoms with E-state index in [2.05, 4.69) is 17.2 Å². The molecule has 4 amide bonds. The molecule has 1 aromatic carbocycles. The summed E-state index contributed by atoms with van der Waals surface area (Å²) in [4.78, 5) is 66.3. The van der Waals surface area contributed by atoms with E-state index in [0.29, 0.717) is 41.2 Å². The molecule has 1 saturated heterocycles. The first-order valence-corrected chi connectivity index (χ1v) is 18.9. The second kappa shape index (κ2) is 15.0. The van der Waals surface area contributed by atoms with Crippen molar-refractivity contribution in [3.05, 3.63) is 36.5 Å². The number of methoxy groups -OCH3 is 1. The predicted octanol–water partition coefficient (Wildman–Crippen LogP) is 2.99. The summed E-state index contributed by atoms with van der Waals surface area (Å²) >= 11 is -2.92. The molecule has 1 aromatic heterocycles. The van der Waals surface area contributed by atoms with Crippen molar-refractivity contribution in [3.63, 3.8) is 0 Å². The Hall–Kier alpha value is -4.31. The molecule has 0 spiro atoms. The molecule has 4 bridgehead atoms. The average molecular weight is 740 g/mol. The molecule has 15 nitrogen and oxygen atoms in total. The van der Waals surface area contributed by atoms with Crippen molar-refractivity contribution < 1.29 is 42.2 Å². The van der Waals surface area contributed by atoms with Gasteiger partial charge in [-0.3, -0.25) is 23.3 Å². The highest BCUT2D eigenvalue weighted by Crippen LogP contribution is 2.41. The molecule has 4 heterocycles. The SMILES string of the molecule is C=CC1CCC1(NC(=O)C1CC2CN1C(=O)C(C(C)(C)C)NC(=O)OC1CC(CCCCc3nc4ccc(OC)cc4nc3O2)C1)C(=O)NS(=O)[O-]. The van der Waals surface area contributed by atoms with E-state index in [0.717, 1.165) is 32.1 Å². The van der Waals surface area contributed by atoms with Crippen LogP contribution in [0.15, 0.2) is 30.9 Å². The maximum Gasteiger partial charge on any atom is 0.408 e. The summed E-state index contributed by atoms with van der Waals surface area (Å²) in [5.41, 5.74) is -0.491. The Morgan fingerprint density at radius 3 is 2.54 bits per heavy atom. The van der Waals surface area contributed by atoms with Crippen LogP contribution in [0.5, 0.6) is 11.6 Å². The van der Waals surface area contributed by atoms with E-state index in [1.807, 2.05) is 16.9 Å². The zero-order chi connectivity index (χ0) is 37.4. The molecule has 3 N–H and O–H groups in total. The third-order valence-electron chi connectivity index (χ3n) is 10.8. The fraction of sp³-hybridized carbons (Fsp3) is 0.611. The predicted molar refractivity (Wildman–Crippen MR) is 188 cm³/mol. The first kappa shape index (κ1) is 37.4. The lowest BCUT2D eigenvalue weighted by molar-refractivity contribution is -0.145. The molecule has 52 heavy (non-hydrogen) atoms. The number of carbonyl (C=O) groups is 4. The molecule has 2 aromatic rings. The fourth-order valence-corrected chi connectivity index (χ4v) is 8.04. The fourth-order valence-electron chi connectivity index (χ4n) is 7.70. The number of hydrogen-bond donors (Lipinski definition) is 3. The van der Waals surface area contributed by atoms with Crippen molar-refractivity contribution in [3.8, 4) is 11.6 Å². The van der Waals surface area contributed by atoms with E-state index >= 15 is 0 Å². The van der Waals surface area contributed by atoms with Crippen molar-refractivity contribution in [2.45, 2.75) is 108 Å². The van der Waals surface area contributed by atoms with Crippen LogP contribution in [-0.2, 0) is 36.8 Å². The maximum atomic E-state index is 14.5. The topological polar surface area (TPSA) is 201 Å². The van der Waals surface area contributed by atoms with Gasteiger partial charge in [-0.25, -0.2) is 14.8 Å². The number of alkyl carbamates (subject to hydrolysis) is 1. The van der Waals surface area contributed by atoms with Gasteiger partial charge in [-0.2, -0.15) is 0 Å². The quantitative estimate of drug-likeness (QED) is 0.291. The van der Waals surface area contributed by atoms with Crippen LogP contribution < -0.4 is 24.8 Å². The van der Waals surface area contributed by atoms with Gasteiger partial charge in [-0.05, 0) is 62.0 Å². The van der Waals surface area contributed by atoms with Gasteiger partial charge in [0.2, 0.25) is 17.7 Å². The highest BCUT2D eigenvalue weighted by Gasteiger charge is 2.55. The number of nitrogens with one attached hydrogen (secondary N) is 3. The molecular weight excluding hydrogens is 692 g/mol. The molecule has 0 radical (unpaired) electrons. The van der Waals surface area contributed by atoms with Crippen LogP contribution in [0.1, 0.15) is 77.8 Å². The summed E-state index contributed by atoms with van der Waals surface area (Å²) < 4.78 is 42.4.